The number of fused-ring (bicyclic) bond motifs is 1. The average Bonchev–Trinajstić information content (AvgIpc) is 3.07. The van der Waals surface area contributed by atoms with Gasteiger partial charge in [-0.15, -0.1) is 5.10 Å². The minimum atomic E-state index is -0.245. The lowest BCUT2D eigenvalue weighted by Gasteiger charge is -2.13. The largest absolute Gasteiger partial charge is 0.494 e. The summed E-state index contributed by atoms with van der Waals surface area (Å²) in [4.78, 5) is 12.8. The van der Waals surface area contributed by atoms with Crippen LogP contribution in [0, 0.1) is 0 Å². The van der Waals surface area contributed by atoms with Gasteiger partial charge in [0, 0.05) is 17.7 Å². The summed E-state index contributed by atoms with van der Waals surface area (Å²) in [6, 6.07) is 11.0. The minimum Gasteiger partial charge on any atom is -0.494 e. The van der Waals surface area contributed by atoms with Gasteiger partial charge in [0.25, 0.3) is 5.91 Å². The first-order valence-corrected chi connectivity index (χ1v) is 9.09. The summed E-state index contributed by atoms with van der Waals surface area (Å²) in [6.07, 6.45) is 0. The van der Waals surface area contributed by atoms with Crippen LogP contribution in [-0.2, 0) is 0 Å². The van der Waals surface area contributed by atoms with Crippen molar-refractivity contribution in [3.05, 3.63) is 42.0 Å². The first kappa shape index (κ1) is 18.7. The van der Waals surface area contributed by atoms with E-state index in [9.17, 15) is 4.79 Å². The first-order valence-electron chi connectivity index (χ1n) is 9.09. The van der Waals surface area contributed by atoms with Crippen molar-refractivity contribution in [2.75, 3.05) is 18.5 Å². The number of benzene rings is 2. The fourth-order valence-corrected chi connectivity index (χ4v) is 2.80. The smallest absolute Gasteiger partial charge is 0.255 e. The minimum absolute atomic E-state index is 0.199. The molecule has 7 heteroatoms. The molecular weight excluding hydrogens is 344 g/mol. The van der Waals surface area contributed by atoms with E-state index < -0.39 is 0 Å². The predicted octanol–water partition coefficient (Wildman–Crippen LogP) is 4.06. The van der Waals surface area contributed by atoms with Gasteiger partial charge in [0.2, 0.25) is 0 Å². The van der Waals surface area contributed by atoms with Gasteiger partial charge in [-0.2, -0.15) is 0 Å². The van der Waals surface area contributed by atoms with E-state index in [-0.39, 0.29) is 11.9 Å². The number of nitrogens with one attached hydrogen (secondary N) is 1. The lowest BCUT2D eigenvalue weighted by Crippen LogP contribution is -2.13. The first-order chi connectivity index (χ1) is 13.0. The summed E-state index contributed by atoms with van der Waals surface area (Å²) < 4.78 is 13.0. The summed E-state index contributed by atoms with van der Waals surface area (Å²) in [5.74, 6) is 1.03. The summed E-state index contributed by atoms with van der Waals surface area (Å²) in [6.45, 7) is 8.93. The second-order valence-electron chi connectivity index (χ2n) is 6.31. The van der Waals surface area contributed by atoms with Crippen molar-refractivity contribution in [2.45, 2.75) is 33.7 Å². The molecule has 0 aliphatic carbocycles. The lowest BCUT2D eigenvalue weighted by molar-refractivity contribution is 0.102. The van der Waals surface area contributed by atoms with Gasteiger partial charge >= 0.3 is 0 Å². The number of hydrogen-bond donors (Lipinski definition) is 1. The molecule has 27 heavy (non-hydrogen) atoms. The van der Waals surface area contributed by atoms with E-state index in [0.717, 1.165) is 5.52 Å². The van der Waals surface area contributed by atoms with Crippen LogP contribution in [0.2, 0.25) is 0 Å². The molecule has 2 aromatic carbocycles. The van der Waals surface area contributed by atoms with Gasteiger partial charge in [0.1, 0.15) is 17.0 Å². The highest BCUT2D eigenvalue weighted by molar-refractivity contribution is 6.06. The van der Waals surface area contributed by atoms with Crippen LogP contribution in [0.3, 0.4) is 0 Å². The van der Waals surface area contributed by atoms with E-state index >= 15 is 0 Å². The van der Waals surface area contributed by atoms with Crippen molar-refractivity contribution in [1.82, 2.24) is 15.0 Å². The molecule has 0 spiro atoms. The Hall–Kier alpha value is -3.09. The topological polar surface area (TPSA) is 78.3 Å². The molecule has 0 bridgehead atoms. The Bertz CT molecular complexity index is 950. The van der Waals surface area contributed by atoms with Gasteiger partial charge in [-0.05, 0) is 58.0 Å². The van der Waals surface area contributed by atoms with Crippen molar-refractivity contribution >= 4 is 22.6 Å². The van der Waals surface area contributed by atoms with Crippen LogP contribution >= 0.6 is 0 Å². The second kappa shape index (κ2) is 8.07. The average molecular weight is 368 g/mol. The Morgan fingerprint density at radius 1 is 1.11 bits per heavy atom. The molecule has 142 valence electrons. The number of rotatable bonds is 7. The third-order valence-electron chi connectivity index (χ3n) is 4.03. The van der Waals surface area contributed by atoms with Gasteiger partial charge in [0.15, 0.2) is 0 Å². The van der Waals surface area contributed by atoms with Gasteiger partial charge in [-0.25, -0.2) is 4.68 Å². The quantitative estimate of drug-likeness (QED) is 0.680. The SMILES string of the molecule is CCOc1ccc(OCC)c(NC(=O)c2ccc3c(c2)nnn3C(C)C)c1. The van der Waals surface area contributed by atoms with E-state index in [2.05, 4.69) is 15.6 Å². The van der Waals surface area contributed by atoms with Crippen LogP contribution in [0.5, 0.6) is 11.5 Å². The van der Waals surface area contributed by atoms with Gasteiger partial charge in [0.05, 0.1) is 24.4 Å². The standard InChI is InChI=1S/C20H24N4O3/c1-5-26-15-8-10-19(27-6-2)17(12-15)21-20(25)14-7-9-18-16(11-14)22-23-24(18)13(3)4/h7-13H,5-6H2,1-4H3,(H,21,25). The Labute approximate surface area is 158 Å². The number of amides is 1. The molecule has 3 aromatic rings. The molecule has 0 aliphatic rings. The van der Waals surface area contributed by atoms with Crippen LogP contribution in [0.25, 0.3) is 11.0 Å². The van der Waals surface area contributed by atoms with Gasteiger partial charge in [-0.1, -0.05) is 5.21 Å². The van der Waals surface area contributed by atoms with E-state index in [1.54, 1.807) is 24.3 Å². The van der Waals surface area contributed by atoms with Crippen LogP contribution in [-0.4, -0.2) is 34.1 Å². The zero-order valence-electron chi connectivity index (χ0n) is 16.0. The zero-order chi connectivity index (χ0) is 19.4. The highest BCUT2D eigenvalue weighted by atomic mass is 16.5. The number of nitrogens with zero attached hydrogens (tertiary/aromatic N) is 3. The lowest BCUT2D eigenvalue weighted by atomic mass is 10.1. The highest BCUT2D eigenvalue weighted by Gasteiger charge is 2.14. The van der Waals surface area contributed by atoms with E-state index in [0.29, 0.717) is 41.5 Å². The summed E-state index contributed by atoms with van der Waals surface area (Å²) in [5, 5.41) is 11.2. The highest BCUT2D eigenvalue weighted by Crippen LogP contribution is 2.30. The number of anilines is 1. The molecule has 0 radical (unpaired) electrons. The molecule has 0 aliphatic heterocycles. The maximum Gasteiger partial charge on any atom is 0.255 e. The molecule has 0 saturated heterocycles. The number of hydrogen-bond acceptors (Lipinski definition) is 5. The predicted molar refractivity (Wildman–Crippen MR) is 105 cm³/mol. The summed E-state index contributed by atoms with van der Waals surface area (Å²) >= 11 is 0. The van der Waals surface area contributed by atoms with Gasteiger partial charge < -0.3 is 14.8 Å². The Morgan fingerprint density at radius 3 is 2.59 bits per heavy atom. The van der Waals surface area contributed by atoms with Gasteiger partial charge in [-0.3, -0.25) is 4.79 Å². The van der Waals surface area contributed by atoms with Crippen molar-refractivity contribution < 1.29 is 14.3 Å². The number of aromatic nitrogens is 3. The molecular formula is C20H24N4O3. The molecule has 0 unspecified atom stereocenters. The van der Waals surface area contributed by atoms with Crippen LogP contribution < -0.4 is 14.8 Å². The normalized spacial score (nSPS) is 11.0. The maximum atomic E-state index is 12.8. The second-order valence-corrected chi connectivity index (χ2v) is 6.31. The van der Waals surface area contributed by atoms with Crippen molar-refractivity contribution in [3.8, 4) is 11.5 Å². The van der Waals surface area contributed by atoms with Crippen molar-refractivity contribution in [1.29, 1.82) is 0 Å². The number of carbonyl (C=O) groups is 1. The molecule has 3 rings (SSSR count). The fourth-order valence-electron chi connectivity index (χ4n) is 2.80. The van der Waals surface area contributed by atoms with Crippen molar-refractivity contribution in [2.24, 2.45) is 0 Å². The fraction of sp³-hybridized carbons (Fsp3) is 0.350. The van der Waals surface area contributed by atoms with E-state index in [4.69, 9.17) is 9.47 Å². The maximum absolute atomic E-state index is 12.8. The molecule has 1 amide bonds. The number of ether oxygens (including phenoxy) is 2. The Morgan fingerprint density at radius 2 is 1.89 bits per heavy atom. The molecule has 1 heterocycles. The molecule has 1 aromatic heterocycles. The van der Waals surface area contributed by atoms with E-state index in [1.807, 2.05) is 44.5 Å². The monoisotopic (exact) mass is 368 g/mol. The number of carbonyl (C=O) groups excluding carboxylic acids is 1. The van der Waals surface area contributed by atoms with Crippen LogP contribution in [0.4, 0.5) is 5.69 Å². The molecule has 7 nitrogen and oxygen atoms in total. The van der Waals surface area contributed by atoms with Crippen LogP contribution in [0.15, 0.2) is 36.4 Å². The molecule has 0 saturated carbocycles. The third-order valence-corrected chi connectivity index (χ3v) is 4.03. The summed E-state index contributed by atoms with van der Waals surface area (Å²) in [5.41, 5.74) is 2.65. The Kier molecular flexibility index (Phi) is 5.59. The van der Waals surface area contributed by atoms with E-state index in [1.165, 1.54) is 0 Å². The Balaban J connectivity index is 1.88. The summed E-state index contributed by atoms with van der Waals surface area (Å²) in [7, 11) is 0. The third kappa shape index (κ3) is 4.02. The molecule has 1 N–H and O–H groups in total. The molecule has 0 atom stereocenters. The molecule has 0 fully saturated rings. The van der Waals surface area contributed by atoms with Crippen molar-refractivity contribution in [3.63, 3.8) is 0 Å². The zero-order valence-corrected chi connectivity index (χ0v) is 16.0. The van der Waals surface area contributed by atoms with Crippen LogP contribution in [0.1, 0.15) is 44.1 Å².